The minimum atomic E-state index is -1.67. The molecule has 0 saturated heterocycles. The van der Waals surface area contributed by atoms with Crippen LogP contribution >= 0.6 is 0 Å². The predicted octanol–water partition coefficient (Wildman–Crippen LogP) is 2.94. The minimum Gasteiger partial charge on any atom is -0.369 e. The van der Waals surface area contributed by atoms with Crippen LogP contribution in [0.4, 0.5) is 16.2 Å². The molecule has 3 aromatic carbocycles. The Kier molecular flexibility index (Phi) is 6.38. The zero-order valence-corrected chi connectivity index (χ0v) is 19.5. The van der Waals surface area contributed by atoms with Gasteiger partial charge in [0, 0.05) is 11.3 Å². The van der Waals surface area contributed by atoms with E-state index >= 15 is 0 Å². The molecule has 1 aliphatic heterocycles. The van der Waals surface area contributed by atoms with E-state index in [0.717, 1.165) is 11.1 Å². The quantitative estimate of drug-likeness (QED) is 0.460. The highest BCUT2D eigenvalue weighted by atomic mass is 16.2. The van der Waals surface area contributed by atoms with E-state index in [2.05, 4.69) is 10.6 Å². The summed E-state index contributed by atoms with van der Waals surface area (Å²) in [7, 11) is 0. The number of carbonyl (C=O) groups excluding carboxylic acids is 4. The monoisotopic (exact) mass is 470 g/mol. The number of aryl methyl sites for hydroxylation is 2. The van der Waals surface area contributed by atoms with E-state index in [-0.39, 0.29) is 13.0 Å². The molecular formula is C27H26N4O4. The highest BCUT2D eigenvalue weighted by molar-refractivity contribution is 6.14. The molecule has 0 bridgehead atoms. The number of amides is 4. The van der Waals surface area contributed by atoms with E-state index in [1.54, 1.807) is 42.5 Å². The van der Waals surface area contributed by atoms with Gasteiger partial charge in [0.05, 0.1) is 18.7 Å². The summed E-state index contributed by atoms with van der Waals surface area (Å²) in [4.78, 5) is 52.1. The molecule has 1 atom stereocenters. The Balaban J connectivity index is 1.90. The van der Waals surface area contributed by atoms with Gasteiger partial charge in [0.15, 0.2) is 5.54 Å². The topological polar surface area (TPSA) is 122 Å². The first-order chi connectivity index (χ1) is 16.8. The van der Waals surface area contributed by atoms with E-state index in [0.29, 0.717) is 34.4 Å². The largest absolute Gasteiger partial charge is 0.369 e. The molecule has 35 heavy (non-hydrogen) atoms. The van der Waals surface area contributed by atoms with Crippen LogP contribution in [0, 0.1) is 13.8 Å². The first-order valence-corrected chi connectivity index (χ1v) is 11.2. The number of hydrogen-bond donors (Lipinski definition) is 3. The van der Waals surface area contributed by atoms with Gasteiger partial charge in [-0.1, -0.05) is 59.7 Å². The van der Waals surface area contributed by atoms with Crippen molar-refractivity contribution in [2.45, 2.75) is 25.8 Å². The number of nitrogens with two attached hydrogens (primary N) is 1. The maximum atomic E-state index is 14.0. The Morgan fingerprint density at radius 3 is 2.20 bits per heavy atom. The van der Waals surface area contributed by atoms with Crippen LogP contribution in [0.2, 0.25) is 0 Å². The number of aldehydes is 1. The molecule has 0 fully saturated rings. The molecule has 1 heterocycles. The third-order valence-electron chi connectivity index (χ3n) is 6.08. The number of carbonyl (C=O) groups is 4. The van der Waals surface area contributed by atoms with E-state index in [1.165, 1.54) is 4.90 Å². The zero-order valence-electron chi connectivity index (χ0n) is 19.5. The number of fused-ring (bicyclic) bond motifs is 1. The SMILES string of the molecule is Cc1ccc(NC(=O)NC2(c3ccc(C)cc3)C(=O)N(CC=O)c3cccc(CC(N)=O)c32)cc1. The van der Waals surface area contributed by atoms with Gasteiger partial charge < -0.3 is 26.1 Å². The van der Waals surface area contributed by atoms with Crippen LogP contribution in [0.15, 0.2) is 66.7 Å². The Morgan fingerprint density at radius 2 is 1.60 bits per heavy atom. The fraction of sp³-hybridized carbons (Fsp3) is 0.185. The molecule has 0 spiro atoms. The lowest BCUT2D eigenvalue weighted by Gasteiger charge is -2.31. The summed E-state index contributed by atoms with van der Waals surface area (Å²) in [6, 6.07) is 18.9. The van der Waals surface area contributed by atoms with Gasteiger partial charge in [-0.3, -0.25) is 9.59 Å². The van der Waals surface area contributed by atoms with Crippen molar-refractivity contribution in [3.63, 3.8) is 0 Å². The van der Waals surface area contributed by atoms with Crippen LogP contribution in [-0.2, 0) is 26.3 Å². The van der Waals surface area contributed by atoms with Gasteiger partial charge in [-0.15, -0.1) is 0 Å². The molecular weight excluding hydrogens is 444 g/mol. The van der Waals surface area contributed by atoms with Crippen molar-refractivity contribution in [2.75, 3.05) is 16.8 Å². The molecule has 0 radical (unpaired) electrons. The number of rotatable bonds is 7. The minimum absolute atomic E-state index is 0.139. The van der Waals surface area contributed by atoms with Crippen LogP contribution < -0.4 is 21.3 Å². The average Bonchev–Trinajstić information content (AvgIpc) is 3.05. The molecule has 1 aliphatic rings. The Labute approximate surface area is 203 Å². The van der Waals surface area contributed by atoms with Gasteiger partial charge in [0.2, 0.25) is 5.91 Å². The number of nitrogens with zero attached hydrogens (tertiary/aromatic N) is 1. The normalized spacial score (nSPS) is 16.5. The van der Waals surface area contributed by atoms with Gasteiger partial charge in [0.25, 0.3) is 5.91 Å². The van der Waals surface area contributed by atoms with Crippen molar-refractivity contribution in [1.82, 2.24) is 5.32 Å². The molecule has 8 heteroatoms. The molecule has 178 valence electrons. The second kappa shape index (κ2) is 9.42. The van der Waals surface area contributed by atoms with Crippen LogP contribution in [0.1, 0.15) is 27.8 Å². The third-order valence-corrected chi connectivity index (χ3v) is 6.08. The molecule has 8 nitrogen and oxygen atoms in total. The fourth-order valence-corrected chi connectivity index (χ4v) is 4.48. The van der Waals surface area contributed by atoms with Crippen LogP contribution in [0.25, 0.3) is 0 Å². The van der Waals surface area contributed by atoms with Crippen molar-refractivity contribution in [3.05, 3.63) is 94.5 Å². The molecule has 4 N–H and O–H groups in total. The van der Waals surface area contributed by atoms with Gasteiger partial charge in [-0.25, -0.2) is 4.79 Å². The second-order valence-electron chi connectivity index (χ2n) is 8.60. The van der Waals surface area contributed by atoms with Crippen LogP contribution in [0.3, 0.4) is 0 Å². The summed E-state index contributed by atoms with van der Waals surface area (Å²) in [5.41, 5.74) is 8.25. The smallest absolute Gasteiger partial charge is 0.320 e. The lowest BCUT2D eigenvalue weighted by atomic mass is 9.80. The van der Waals surface area contributed by atoms with Crippen LogP contribution in [-0.4, -0.2) is 30.7 Å². The molecule has 4 rings (SSSR count). The molecule has 1 unspecified atom stereocenters. The van der Waals surface area contributed by atoms with Crippen LogP contribution in [0.5, 0.6) is 0 Å². The number of anilines is 2. The van der Waals surface area contributed by atoms with Crippen molar-refractivity contribution >= 4 is 35.5 Å². The number of nitrogens with one attached hydrogen (secondary N) is 2. The van der Waals surface area contributed by atoms with E-state index < -0.39 is 23.4 Å². The summed E-state index contributed by atoms with van der Waals surface area (Å²) in [5.74, 6) is -1.08. The number of primary amides is 1. The van der Waals surface area contributed by atoms with Crippen molar-refractivity contribution in [3.8, 4) is 0 Å². The lowest BCUT2D eigenvalue weighted by molar-refractivity contribution is -0.123. The lowest BCUT2D eigenvalue weighted by Crippen LogP contribution is -2.55. The Morgan fingerprint density at radius 1 is 0.971 bits per heavy atom. The van der Waals surface area contributed by atoms with Crippen molar-refractivity contribution in [1.29, 1.82) is 0 Å². The summed E-state index contributed by atoms with van der Waals surface area (Å²) in [5, 5.41) is 5.67. The molecule has 0 aromatic heterocycles. The first-order valence-electron chi connectivity index (χ1n) is 11.2. The van der Waals surface area contributed by atoms with Crippen molar-refractivity contribution in [2.24, 2.45) is 5.73 Å². The standard InChI is InChI=1S/C27H26N4O4/c1-17-6-10-20(11-7-17)27(30-26(35)29-21-12-8-18(2)9-13-21)24-19(16-23(28)33)4-3-5-22(24)31(14-15-32)25(27)34/h3-13,15H,14,16H2,1-2H3,(H2,28,33)(H2,29,30,35). The highest BCUT2D eigenvalue weighted by Crippen LogP contribution is 2.46. The molecule has 0 aliphatic carbocycles. The second-order valence-corrected chi connectivity index (χ2v) is 8.60. The summed E-state index contributed by atoms with van der Waals surface area (Å²) in [6.45, 7) is 3.64. The van der Waals surface area contributed by atoms with E-state index in [1.807, 2.05) is 38.1 Å². The van der Waals surface area contributed by atoms with Gasteiger partial charge in [-0.2, -0.15) is 0 Å². The zero-order chi connectivity index (χ0) is 25.2. The molecule has 4 amide bonds. The number of hydrogen-bond acceptors (Lipinski definition) is 4. The average molecular weight is 471 g/mol. The van der Waals surface area contributed by atoms with Crippen molar-refractivity contribution < 1.29 is 19.2 Å². The van der Waals surface area contributed by atoms with Gasteiger partial charge >= 0.3 is 6.03 Å². The fourth-order valence-electron chi connectivity index (χ4n) is 4.48. The maximum absolute atomic E-state index is 14.0. The van der Waals surface area contributed by atoms with E-state index in [4.69, 9.17) is 5.73 Å². The third kappa shape index (κ3) is 4.38. The molecule has 3 aromatic rings. The summed E-state index contributed by atoms with van der Waals surface area (Å²) in [6.07, 6.45) is 0.486. The first kappa shape index (κ1) is 23.7. The van der Waals surface area contributed by atoms with Gasteiger partial charge in [0.1, 0.15) is 6.29 Å². The predicted molar refractivity (Wildman–Crippen MR) is 133 cm³/mol. The van der Waals surface area contributed by atoms with Gasteiger partial charge in [-0.05, 0) is 43.2 Å². The Bertz CT molecular complexity index is 1300. The number of benzene rings is 3. The number of urea groups is 1. The summed E-state index contributed by atoms with van der Waals surface area (Å²) < 4.78 is 0. The molecule has 0 saturated carbocycles. The summed E-state index contributed by atoms with van der Waals surface area (Å²) >= 11 is 0. The van der Waals surface area contributed by atoms with E-state index in [9.17, 15) is 19.2 Å². The maximum Gasteiger partial charge on any atom is 0.320 e. The highest BCUT2D eigenvalue weighted by Gasteiger charge is 2.54. The Hall–Kier alpha value is -4.46.